The zero-order chi connectivity index (χ0) is 21.3. The summed E-state index contributed by atoms with van der Waals surface area (Å²) in [6.07, 6.45) is 0. The largest absolute Gasteiger partial charge is 0.379 e. The quantitative estimate of drug-likeness (QED) is 0.633. The van der Waals surface area contributed by atoms with Gasteiger partial charge in [0.05, 0.1) is 19.8 Å². The van der Waals surface area contributed by atoms with Crippen LogP contribution >= 0.6 is 0 Å². The summed E-state index contributed by atoms with van der Waals surface area (Å²) in [5.41, 5.74) is 1.71. The Labute approximate surface area is 179 Å². The number of rotatable bonds is 9. The minimum Gasteiger partial charge on any atom is -0.379 e. The van der Waals surface area contributed by atoms with Crippen LogP contribution in [0.1, 0.15) is 18.1 Å². The second-order valence-electron chi connectivity index (χ2n) is 7.99. The zero-order valence-corrected chi connectivity index (χ0v) is 18.0. The molecule has 1 heterocycles. The van der Waals surface area contributed by atoms with Gasteiger partial charge in [-0.15, -0.1) is 0 Å². The van der Waals surface area contributed by atoms with Gasteiger partial charge in [0.2, 0.25) is 5.91 Å². The number of hydrogen-bond acceptors (Lipinski definition) is 4. The second-order valence-corrected chi connectivity index (χ2v) is 7.99. The predicted molar refractivity (Wildman–Crippen MR) is 116 cm³/mol. The number of nitrogens with zero attached hydrogens (tertiary/aromatic N) is 3. The molecule has 1 fully saturated rings. The van der Waals surface area contributed by atoms with Crippen molar-refractivity contribution in [1.82, 2.24) is 14.7 Å². The fourth-order valence-electron chi connectivity index (χ4n) is 3.72. The third-order valence-corrected chi connectivity index (χ3v) is 5.61. The number of benzene rings is 2. The molecule has 6 heteroatoms. The van der Waals surface area contributed by atoms with Crippen molar-refractivity contribution in [2.45, 2.75) is 26.1 Å². The second kappa shape index (κ2) is 11.2. The summed E-state index contributed by atoms with van der Waals surface area (Å²) in [7, 11) is 1.74. The molecule has 1 saturated heterocycles. The van der Waals surface area contributed by atoms with E-state index in [1.54, 1.807) is 30.1 Å². The number of likely N-dealkylation sites (N-methyl/N-ethyl adjacent to an activating group) is 1. The Morgan fingerprint density at radius 3 is 2.43 bits per heavy atom. The summed E-state index contributed by atoms with van der Waals surface area (Å²) in [5.74, 6) is -0.290. The molecule has 0 radical (unpaired) electrons. The maximum atomic E-state index is 14.0. The first-order valence-electron chi connectivity index (χ1n) is 10.6. The highest BCUT2D eigenvalue weighted by atomic mass is 19.1. The maximum absolute atomic E-state index is 14.0. The van der Waals surface area contributed by atoms with Crippen LogP contribution in [-0.2, 0) is 22.6 Å². The van der Waals surface area contributed by atoms with Crippen molar-refractivity contribution in [3.8, 4) is 0 Å². The van der Waals surface area contributed by atoms with Gasteiger partial charge in [0.25, 0.3) is 0 Å². The van der Waals surface area contributed by atoms with Crippen LogP contribution < -0.4 is 0 Å². The highest BCUT2D eigenvalue weighted by molar-refractivity contribution is 5.78. The van der Waals surface area contributed by atoms with E-state index in [1.807, 2.05) is 18.2 Å². The van der Waals surface area contributed by atoms with Crippen molar-refractivity contribution in [2.75, 3.05) is 46.4 Å². The Morgan fingerprint density at radius 1 is 1.07 bits per heavy atom. The molecule has 2 aromatic rings. The molecule has 2 aromatic carbocycles. The molecule has 1 amide bonds. The topological polar surface area (TPSA) is 36.0 Å². The van der Waals surface area contributed by atoms with Crippen LogP contribution in [-0.4, -0.2) is 73.1 Å². The number of ether oxygens (including phenoxy) is 1. The lowest BCUT2D eigenvalue weighted by atomic mass is 10.1. The summed E-state index contributed by atoms with van der Waals surface area (Å²) in [5, 5.41) is 0. The fourth-order valence-corrected chi connectivity index (χ4v) is 3.72. The lowest BCUT2D eigenvalue weighted by Gasteiger charge is -2.35. The number of morpholine rings is 1. The van der Waals surface area contributed by atoms with Crippen LogP contribution in [0.2, 0.25) is 0 Å². The number of hydrogen-bond donors (Lipinski definition) is 0. The van der Waals surface area contributed by atoms with Gasteiger partial charge in [0.15, 0.2) is 0 Å². The third-order valence-electron chi connectivity index (χ3n) is 5.61. The molecule has 0 N–H and O–H groups in total. The summed E-state index contributed by atoms with van der Waals surface area (Å²) < 4.78 is 19.4. The smallest absolute Gasteiger partial charge is 0.236 e. The molecule has 1 atom stereocenters. The molecule has 5 nitrogen and oxygen atoms in total. The zero-order valence-electron chi connectivity index (χ0n) is 18.0. The third kappa shape index (κ3) is 6.62. The van der Waals surface area contributed by atoms with Gasteiger partial charge < -0.3 is 9.64 Å². The Balaban J connectivity index is 1.65. The van der Waals surface area contributed by atoms with Gasteiger partial charge in [-0.1, -0.05) is 48.5 Å². The summed E-state index contributed by atoms with van der Waals surface area (Å²) >= 11 is 0. The van der Waals surface area contributed by atoms with Crippen molar-refractivity contribution < 1.29 is 13.9 Å². The van der Waals surface area contributed by atoms with Crippen molar-refractivity contribution in [1.29, 1.82) is 0 Å². The van der Waals surface area contributed by atoms with Crippen molar-refractivity contribution in [2.24, 2.45) is 0 Å². The first kappa shape index (κ1) is 22.4. The van der Waals surface area contributed by atoms with E-state index in [0.29, 0.717) is 18.7 Å². The van der Waals surface area contributed by atoms with Crippen LogP contribution in [0.4, 0.5) is 4.39 Å². The Morgan fingerprint density at radius 2 is 1.73 bits per heavy atom. The van der Waals surface area contributed by atoms with E-state index < -0.39 is 0 Å². The Bertz CT molecular complexity index is 796. The van der Waals surface area contributed by atoms with Gasteiger partial charge in [-0.25, -0.2) is 4.39 Å². The molecule has 0 saturated carbocycles. The number of amides is 1. The molecule has 30 heavy (non-hydrogen) atoms. The van der Waals surface area contributed by atoms with Gasteiger partial charge in [-0.05, 0) is 18.6 Å². The van der Waals surface area contributed by atoms with Crippen molar-refractivity contribution in [3.63, 3.8) is 0 Å². The molecule has 1 aliphatic heterocycles. The molecule has 1 unspecified atom stereocenters. The monoisotopic (exact) mass is 413 g/mol. The van der Waals surface area contributed by atoms with Crippen LogP contribution in [0, 0.1) is 5.82 Å². The van der Waals surface area contributed by atoms with E-state index in [-0.39, 0.29) is 24.3 Å². The molecule has 162 valence electrons. The average molecular weight is 414 g/mol. The highest BCUT2D eigenvalue weighted by Gasteiger charge is 2.23. The SMILES string of the molecule is CC(CN1CCOCC1)N(CC(=O)N(C)Cc1ccccc1F)Cc1ccccc1. The summed E-state index contributed by atoms with van der Waals surface area (Å²) in [6.45, 7) is 7.68. The van der Waals surface area contributed by atoms with Gasteiger partial charge in [0.1, 0.15) is 5.82 Å². The number of carbonyl (C=O) groups excluding carboxylic acids is 1. The standard InChI is InChI=1S/C24H32FN3O2/c1-20(16-27-12-14-30-15-13-27)28(17-21-8-4-3-5-9-21)19-24(29)26(2)18-22-10-6-7-11-23(22)25/h3-11,20H,12-19H2,1-2H3. The summed E-state index contributed by atoms with van der Waals surface area (Å²) in [4.78, 5) is 19.2. The lowest BCUT2D eigenvalue weighted by Crippen LogP contribution is -2.48. The van der Waals surface area contributed by atoms with Crippen LogP contribution in [0.25, 0.3) is 0 Å². The van der Waals surface area contributed by atoms with Crippen molar-refractivity contribution in [3.05, 3.63) is 71.5 Å². The van der Waals surface area contributed by atoms with E-state index in [2.05, 4.69) is 28.9 Å². The van der Waals surface area contributed by atoms with E-state index in [4.69, 9.17) is 4.74 Å². The van der Waals surface area contributed by atoms with Gasteiger partial charge in [0, 0.05) is 51.4 Å². The van der Waals surface area contributed by atoms with Gasteiger partial charge in [-0.2, -0.15) is 0 Å². The normalized spacial score (nSPS) is 15.9. The number of halogens is 1. The minimum absolute atomic E-state index is 0.0111. The molecule has 0 aromatic heterocycles. The molecule has 0 spiro atoms. The van der Waals surface area contributed by atoms with E-state index in [0.717, 1.165) is 32.8 Å². The molecule has 0 bridgehead atoms. The molecule has 1 aliphatic rings. The van der Waals surface area contributed by atoms with Crippen molar-refractivity contribution >= 4 is 5.91 Å². The number of carbonyl (C=O) groups is 1. The van der Waals surface area contributed by atoms with Crippen LogP contribution in [0.3, 0.4) is 0 Å². The molecular weight excluding hydrogens is 381 g/mol. The first-order valence-corrected chi connectivity index (χ1v) is 10.6. The first-order chi connectivity index (χ1) is 14.5. The Kier molecular flexibility index (Phi) is 8.37. The minimum atomic E-state index is -0.279. The highest BCUT2D eigenvalue weighted by Crippen LogP contribution is 2.13. The fraction of sp³-hybridized carbons (Fsp3) is 0.458. The van der Waals surface area contributed by atoms with E-state index in [1.165, 1.54) is 11.6 Å². The average Bonchev–Trinajstić information content (AvgIpc) is 2.76. The van der Waals surface area contributed by atoms with E-state index >= 15 is 0 Å². The molecule has 3 rings (SSSR count). The Hall–Kier alpha value is -2.28. The maximum Gasteiger partial charge on any atom is 0.236 e. The van der Waals surface area contributed by atoms with Gasteiger partial charge in [-0.3, -0.25) is 14.6 Å². The van der Waals surface area contributed by atoms with Crippen LogP contribution in [0.15, 0.2) is 54.6 Å². The summed E-state index contributed by atoms with van der Waals surface area (Å²) in [6, 6.07) is 17.0. The lowest BCUT2D eigenvalue weighted by molar-refractivity contribution is -0.132. The van der Waals surface area contributed by atoms with Gasteiger partial charge >= 0.3 is 0 Å². The molecular formula is C24H32FN3O2. The molecule has 0 aliphatic carbocycles. The predicted octanol–water partition coefficient (Wildman–Crippen LogP) is 3.01. The van der Waals surface area contributed by atoms with E-state index in [9.17, 15) is 9.18 Å². The van der Waals surface area contributed by atoms with Crippen LogP contribution in [0.5, 0.6) is 0 Å².